The molecular formula is C15H17N3O3. The van der Waals surface area contributed by atoms with Gasteiger partial charge in [-0.05, 0) is 37.1 Å². The summed E-state index contributed by atoms with van der Waals surface area (Å²) in [6, 6.07) is 7.33. The van der Waals surface area contributed by atoms with Crippen LogP contribution in [0, 0.1) is 0 Å². The third kappa shape index (κ3) is 3.22. The van der Waals surface area contributed by atoms with E-state index in [4.69, 9.17) is 4.74 Å². The highest BCUT2D eigenvalue weighted by Gasteiger charge is 2.19. The zero-order chi connectivity index (χ0) is 14.7. The van der Waals surface area contributed by atoms with Gasteiger partial charge in [0.25, 0.3) is 0 Å². The van der Waals surface area contributed by atoms with E-state index >= 15 is 0 Å². The van der Waals surface area contributed by atoms with Gasteiger partial charge in [0.15, 0.2) is 0 Å². The van der Waals surface area contributed by atoms with Crippen molar-refractivity contribution in [1.29, 1.82) is 0 Å². The van der Waals surface area contributed by atoms with Gasteiger partial charge in [-0.15, -0.1) is 0 Å². The van der Waals surface area contributed by atoms with Gasteiger partial charge in [-0.3, -0.25) is 9.59 Å². The molecular weight excluding hydrogens is 270 g/mol. The second kappa shape index (κ2) is 5.97. The monoisotopic (exact) mass is 287 g/mol. The molecule has 0 radical (unpaired) electrons. The van der Waals surface area contributed by atoms with Gasteiger partial charge in [0.2, 0.25) is 0 Å². The van der Waals surface area contributed by atoms with Crippen LogP contribution in [0.15, 0.2) is 30.5 Å². The number of anilines is 1. The van der Waals surface area contributed by atoms with Crippen LogP contribution in [0.1, 0.15) is 12.8 Å². The Morgan fingerprint density at radius 1 is 1.29 bits per heavy atom. The molecule has 3 N–H and O–H groups in total. The number of aromatic amines is 1. The number of aromatic nitrogens is 1. The lowest BCUT2D eigenvalue weighted by atomic mass is 10.2. The fourth-order valence-electron chi connectivity index (χ4n) is 2.41. The van der Waals surface area contributed by atoms with Crippen LogP contribution < -0.4 is 10.6 Å². The summed E-state index contributed by atoms with van der Waals surface area (Å²) in [6.45, 7) is 1.10. The van der Waals surface area contributed by atoms with Crippen molar-refractivity contribution in [2.24, 2.45) is 0 Å². The lowest BCUT2D eigenvalue weighted by molar-refractivity contribution is -0.136. The minimum absolute atomic E-state index is 0.0259. The van der Waals surface area contributed by atoms with E-state index in [9.17, 15) is 9.59 Å². The predicted molar refractivity (Wildman–Crippen MR) is 78.9 cm³/mol. The quantitative estimate of drug-likeness (QED) is 0.746. The molecule has 1 saturated heterocycles. The summed E-state index contributed by atoms with van der Waals surface area (Å²) in [5.41, 5.74) is 1.58. The Balaban J connectivity index is 1.55. The van der Waals surface area contributed by atoms with Gasteiger partial charge in [0.05, 0.1) is 6.10 Å². The van der Waals surface area contributed by atoms with E-state index in [-0.39, 0.29) is 6.10 Å². The van der Waals surface area contributed by atoms with Gasteiger partial charge in [-0.2, -0.15) is 0 Å². The Morgan fingerprint density at radius 2 is 2.19 bits per heavy atom. The second-order valence-corrected chi connectivity index (χ2v) is 5.08. The molecule has 6 nitrogen and oxygen atoms in total. The van der Waals surface area contributed by atoms with Crippen LogP contribution in [0.3, 0.4) is 0 Å². The van der Waals surface area contributed by atoms with E-state index in [1.807, 2.05) is 24.4 Å². The summed E-state index contributed by atoms with van der Waals surface area (Å²) in [4.78, 5) is 26.6. The number of nitrogens with one attached hydrogen (secondary N) is 3. The van der Waals surface area contributed by atoms with E-state index in [1.165, 1.54) is 0 Å². The van der Waals surface area contributed by atoms with Crippen molar-refractivity contribution in [3.63, 3.8) is 0 Å². The fraction of sp³-hybridized carbons (Fsp3) is 0.333. The molecule has 1 fully saturated rings. The molecule has 6 heteroatoms. The predicted octanol–water partition coefficient (Wildman–Crippen LogP) is 1.40. The van der Waals surface area contributed by atoms with Gasteiger partial charge < -0.3 is 20.4 Å². The first-order chi connectivity index (χ1) is 10.2. The molecule has 0 aliphatic carbocycles. The molecule has 0 spiro atoms. The molecule has 1 atom stereocenters. The summed E-state index contributed by atoms with van der Waals surface area (Å²) < 4.78 is 5.39. The van der Waals surface area contributed by atoms with Crippen LogP contribution in [-0.4, -0.2) is 36.1 Å². The highest BCUT2D eigenvalue weighted by atomic mass is 16.5. The standard InChI is InChI=1S/C15H17N3O3/c19-14(17-9-12-2-1-7-21-12)15(20)18-11-3-4-13-10(8-11)5-6-16-13/h3-6,8,12,16H,1-2,7,9H2,(H,17,19)(H,18,20)/t12-/m1/s1. The number of H-pyrrole nitrogens is 1. The Morgan fingerprint density at radius 3 is 3.00 bits per heavy atom. The van der Waals surface area contributed by atoms with Crippen molar-refractivity contribution in [2.45, 2.75) is 18.9 Å². The second-order valence-electron chi connectivity index (χ2n) is 5.08. The minimum atomic E-state index is -0.664. The first kappa shape index (κ1) is 13.6. The molecule has 2 aromatic rings. The third-order valence-electron chi connectivity index (χ3n) is 3.53. The van der Waals surface area contributed by atoms with E-state index in [2.05, 4.69) is 15.6 Å². The first-order valence-electron chi connectivity index (χ1n) is 7.00. The number of rotatable bonds is 3. The fourth-order valence-corrected chi connectivity index (χ4v) is 2.41. The maximum absolute atomic E-state index is 11.8. The summed E-state index contributed by atoms with van der Waals surface area (Å²) in [7, 11) is 0. The van der Waals surface area contributed by atoms with Gasteiger partial charge in [0, 0.05) is 35.9 Å². The van der Waals surface area contributed by atoms with Gasteiger partial charge in [-0.1, -0.05) is 0 Å². The number of hydrogen-bond donors (Lipinski definition) is 3. The van der Waals surface area contributed by atoms with Crippen molar-refractivity contribution < 1.29 is 14.3 Å². The first-order valence-corrected chi connectivity index (χ1v) is 7.00. The molecule has 110 valence electrons. The molecule has 1 aliphatic rings. The lowest BCUT2D eigenvalue weighted by Crippen LogP contribution is -2.39. The molecule has 2 amide bonds. The smallest absolute Gasteiger partial charge is 0.313 e. The minimum Gasteiger partial charge on any atom is -0.376 e. The molecule has 1 aromatic carbocycles. The number of ether oxygens (including phenoxy) is 1. The Bertz CT molecular complexity index is 659. The summed E-state index contributed by atoms with van der Waals surface area (Å²) in [6.07, 6.45) is 3.78. The molecule has 2 heterocycles. The molecule has 21 heavy (non-hydrogen) atoms. The number of carbonyl (C=O) groups excluding carboxylic acids is 2. The zero-order valence-electron chi connectivity index (χ0n) is 11.5. The number of amides is 2. The number of hydrogen-bond acceptors (Lipinski definition) is 3. The maximum atomic E-state index is 11.8. The number of carbonyl (C=O) groups is 2. The van der Waals surface area contributed by atoms with Crippen LogP contribution in [0.4, 0.5) is 5.69 Å². The van der Waals surface area contributed by atoms with Gasteiger partial charge in [-0.25, -0.2) is 0 Å². The van der Waals surface area contributed by atoms with Crippen molar-refractivity contribution in [3.05, 3.63) is 30.5 Å². The van der Waals surface area contributed by atoms with E-state index in [0.717, 1.165) is 30.4 Å². The lowest BCUT2D eigenvalue weighted by Gasteiger charge is -2.10. The van der Waals surface area contributed by atoms with E-state index < -0.39 is 11.8 Å². The van der Waals surface area contributed by atoms with E-state index in [0.29, 0.717) is 12.2 Å². The number of fused-ring (bicyclic) bond motifs is 1. The van der Waals surface area contributed by atoms with E-state index in [1.54, 1.807) is 6.07 Å². The van der Waals surface area contributed by atoms with Crippen LogP contribution in [0.5, 0.6) is 0 Å². The molecule has 0 saturated carbocycles. The van der Waals surface area contributed by atoms with Crippen LogP contribution in [0.2, 0.25) is 0 Å². The topological polar surface area (TPSA) is 83.2 Å². The normalized spacial score (nSPS) is 17.8. The van der Waals surface area contributed by atoms with Crippen LogP contribution in [-0.2, 0) is 14.3 Å². The van der Waals surface area contributed by atoms with Crippen molar-refractivity contribution >= 4 is 28.4 Å². The Labute approximate surface area is 121 Å². The summed E-state index contributed by atoms with van der Waals surface area (Å²) >= 11 is 0. The highest BCUT2D eigenvalue weighted by Crippen LogP contribution is 2.17. The van der Waals surface area contributed by atoms with Crippen molar-refractivity contribution in [3.8, 4) is 0 Å². The Kier molecular flexibility index (Phi) is 3.87. The van der Waals surface area contributed by atoms with Crippen LogP contribution >= 0.6 is 0 Å². The van der Waals surface area contributed by atoms with Gasteiger partial charge in [0.1, 0.15) is 0 Å². The molecule has 0 bridgehead atoms. The summed E-state index contributed by atoms with van der Waals surface area (Å²) in [5.74, 6) is -1.30. The van der Waals surface area contributed by atoms with Crippen molar-refractivity contribution in [2.75, 3.05) is 18.5 Å². The maximum Gasteiger partial charge on any atom is 0.313 e. The van der Waals surface area contributed by atoms with Crippen molar-refractivity contribution in [1.82, 2.24) is 10.3 Å². The SMILES string of the molecule is O=C(NC[C@H]1CCCO1)C(=O)Nc1ccc2[nH]ccc2c1. The van der Waals surface area contributed by atoms with Crippen LogP contribution in [0.25, 0.3) is 10.9 Å². The Hall–Kier alpha value is -2.34. The zero-order valence-corrected chi connectivity index (χ0v) is 11.5. The average molecular weight is 287 g/mol. The third-order valence-corrected chi connectivity index (χ3v) is 3.53. The largest absolute Gasteiger partial charge is 0.376 e. The summed E-state index contributed by atoms with van der Waals surface area (Å²) in [5, 5.41) is 6.17. The molecule has 1 aromatic heterocycles. The molecule has 1 aliphatic heterocycles. The highest BCUT2D eigenvalue weighted by molar-refractivity contribution is 6.39. The molecule has 3 rings (SSSR count). The van der Waals surface area contributed by atoms with Gasteiger partial charge >= 0.3 is 11.8 Å². The molecule has 0 unspecified atom stereocenters. The average Bonchev–Trinajstić information content (AvgIpc) is 3.15. The number of benzene rings is 1.